The van der Waals surface area contributed by atoms with E-state index in [4.69, 9.17) is 11.6 Å². The van der Waals surface area contributed by atoms with E-state index in [1.165, 1.54) is 12.3 Å². The lowest BCUT2D eigenvalue weighted by molar-refractivity contribution is -0.671. The Hall–Kier alpha value is -2.40. The number of aryl methyl sites for hydroxylation is 1. The first-order chi connectivity index (χ1) is 9.56. The van der Waals surface area contributed by atoms with Crippen LogP contribution in [0.3, 0.4) is 0 Å². The number of amides is 1. The fraction of sp³-hybridized carbons (Fsp3) is 0.0714. The lowest BCUT2D eigenvalue weighted by Gasteiger charge is -2.00. The molecule has 102 valence electrons. The standard InChI is InChI=1S/C14H12ClN3O2/c1-18-6-2-3-10(9-18)14(20)17-16-8-11-7-12(15)4-5-13(11)19/h2-9H,1H3,(H-,16,17,19,20)/p+1. The van der Waals surface area contributed by atoms with Crippen LogP contribution in [0.2, 0.25) is 5.02 Å². The lowest BCUT2D eigenvalue weighted by atomic mass is 10.2. The van der Waals surface area contributed by atoms with Crippen molar-refractivity contribution in [2.24, 2.45) is 12.1 Å². The van der Waals surface area contributed by atoms with Gasteiger partial charge >= 0.3 is 0 Å². The molecule has 0 fully saturated rings. The third kappa shape index (κ3) is 3.55. The summed E-state index contributed by atoms with van der Waals surface area (Å²) >= 11 is 5.81. The molecule has 0 atom stereocenters. The van der Waals surface area contributed by atoms with Gasteiger partial charge in [0, 0.05) is 16.7 Å². The van der Waals surface area contributed by atoms with Crippen molar-refractivity contribution in [1.82, 2.24) is 5.43 Å². The van der Waals surface area contributed by atoms with Crippen LogP contribution < -0.4 is 9.99 Å². The van der Waals surface area contributed by atoms with Crippen molar-refractivity contribution in [1.29, 1.82) is 0 Å². The number of rotatable bonds is 3. The van der Waals surface area contributed by atoms with Crippen LogP contribution in [0, 0.1) is 0 Å². The Labute approximate surface area is 121 Å². The normalized spacial score (nSPS) is 10.7. The van der Waals surface area contributed by atoms with Crippen LogP contribution in [0.15, 0.2) is 47.8 Å². The Bertz CT molecular complexity index is 671. The van der Waals surface area contributed by atoms with Gasteiger partial charge in [-0.2, -0.15) is 5.10 Å². The van der Waals surface area contributed by atoms with E-state index in [-0.39, 0.29) is 11.7 Å². The molecule has 0 unspecified atom stereocenters. The number of nitrogens with zero attached hydrogens (tertiary/aromatic N) is 2. The van der Waals surface area contributed by atoms with Crippen LogP contribution in [0.5, 0.6) is 5.75 Å². The highest BCUT2D eigenvalue weighted by Gasteiger charge is 2.07. The largest absolute Gasteiger partial charge is 0.507 e. The van der Waals surface area contributed by atoms with Gasteiger partial charge in [0.25, 0.3) is 5.91 Å². The van der Waals surface area contributed by atoms with Crippen molar-refractivity contribution in [2.45, 2.75) is 0 Å². The zero-order valence-electron chi connectivity index (χ0n) is 10.7. The van der Waals surface area contributed by atoms with E-state index >= 15 is 0 Å². The third-order valence-electron chi connectivity index (χ3n) is 2.56. The van der Waals surface area contributed by atoms with Gasteiger partial charge in [-0.1, -0.05) is 11.6 Å². The summed E-state index contributed by atoms with van der Waals surface area (Å²) in [4.78, 5) is 11.8. The molecule has 0 radical (unpaired) electrons. The number of hydrogen-bond donors (Lipinski definition) is 2. The number of hydrogen-bond acceptors (Lipinski definition) is 3. The molecule has 0 saturated heterocycles. The minimum atomic E-state index is -0.334. The predicted molar refractivity (Wildman–Crippen MR) is 75.8 cm³/mol. The summed E-state index contributed by atoms with van der Waals surface area (Å²) in [5, 5.41) is 13.9. The van der Waals surface area contributed by atoms with E-state index in [1.807, 2.05) is 13.2 Å². The summed E-state index contributed by atoms with van der Waals surface area (Å²) < 4.78 is 1.77. The molecular formula is C14H13ClN3O2+. The maximum absolute atomic E-state index is 11.8. The van der Waals surface area contributed by atoms with E-state index in [1.54, 1.807) is 35.0 Å². The number of phenols is 1. The average molecular weight is 291 g/mol. The summed E-state index contributed by atoms with van der Waals surface area (Å²) in [5.74, 6) is -0.294. The van der Waals surface area contributed by atoms with Gasteiger partial charge in [0.15, 0.2) is 12.4 Å². The topological polar surface area (TPSA) is 65.6 Å². The quantitative estimate of drug-likeness (QED) is 0.513. The monoisotopic (exact) mass is 290 g/mol. The summed E-state index contributed by atoms with van der Waals surface area (Å²) in [6.07, 6.45) is 4.84. The van der Waals surface area contributed by atoms with Crippen LogP contribution in [-0.4, -0.2) is 17.2 Å². The number of benzene rings is 1. The van der Waals surface area contributed by atoms with Crippen molar-refractivity contribution in [3.05, 3.63) is 58.9 Å². The second-order valence-electron chi connectivity index (χ2n) is 4.16. The number of aromatic nitrogens is 1. The zero-order valence-corrected chi connectivity index (χ0v) is 11.5. The van der Waals surface area contributed by atoms with Gasteiger partial charge in [-0.25, -0.2) is 9.99 Å². The SMILES string of the molecule is C[n+]1cccc(C(=O)N/N=C/c2cc(Cl)ccc2O)c1. The van der Waals surface area contributed by atoms with Crippen LogP contribution in [0.25, 0.3) is 0 Å². The fourth-order valence-electron chi connectivity index (χ4n) is 1.58. The Morgan fingerprint density at radius 2 is 2.25 bits per heavy atom. The molecule has 1 aromatic heterocycles. The number of halogens is 1. The summed E-state index contributed by atoms with van der Waals surface area (Å²) in [7, 11) is 1.82. The molecule has 2 rings (SSSR count). The second-order valence-corrected chi connectivity index (χ2v) is 4.60. The van der Waals surface area contributed by atoms with Crippen LogP contribution in [0.4, 0.5) is 0 Å². The maximum Gasteiger partial charge on any atom is 0.277 e. The molecule has 0 saturated carbocycles. The molecule has 0 aliphatic heterocycles. The zero-order chi connectivity index (χ0) is 14.5. The summed E-state index contributed by atoms with van der Waals surface area (Å²) in [5.41, 5.74) is 3.30. The van der Waals surface area contributed by atoms with Gasteiger partial charge in [-0.15, -0.1) is 0 Å². The lowest BCUT2D eigenvalue weighted by Crippen LogP contribution is -2.29. The number of carbonyl (C=O) groups is 1. The van der Waals surface area contributed by atoms with E-state index in [0.717, 1.165) is 0 Å². The summed E-state index contributed by atoms with van der Waals surface area (Å²) in [6.45, 7) is 0. The second kappa shape index (κ2) is 6.16. The van der Waals surface area contributed by atoms with E-state index in [0.29, 0.717) is 16.1 Å². The summed E-state index contributed by atoms with van der Waals surface area (Å²) in [6, 6.07) is 8.03. The molecule has 20 heavy (non-hydrogen) atoms. The molecule has 6 heteroatoms. The Morgan fingerprint density at radius 1 is 1.45 bits per heavy atom. The van der Waals surface area contributed by atoms with Gasteiger partial charge in [0.05, 0.1) is 6.21 Å². The van der Waals surface area contributed by atoms with E-state index in [9.17, 15) is 9.90 Å². The number of carbonyl (C=O) groups excluding carboxylic acids is 1. The molecule has 0 aliphatic rings. The molecule has 2 N–H and O–H groups in total. The number of nitrogens with one attached hydrogen (secondary N) is 1. The number of aromatic hydroxyl groups is 1. The van der Waals surface area contributed by atoms with Crippen molar-refractivity contribution in [2.75, 3.05) is 0 Å². The van der Waals surface area contributed by atoms with E-state index in [2.05, 4.69) is 10.5 Å². The van der Waals surface area contributed by atoms with Gasteiger partial charge in [0.2, 0.25) is 0 Å². The fourth-order valence-corrected chi connectivity index (χ4v) is 1.76. The molecule has 5 nitrogen and oxygen atoms in total. The van der Waals surface area contributed by atoms with Crippen molar-refractivity contribution < 1.29 is 14.5 Å². The average Bonchev–Trinajstić information content (AvgIpc) is 2.42. The Kier molecular flexibility index (Phi) is 4.32. The van der Waals surface area contributed by atoms with Gasteiger partial charge in [-0.3, -0.25) is 4.79 Å². The molecule has 0 aliphatic carbocycles. The minimum Gasteiger partial charge on any atom is -0.507 e. The highest BCUT2D eigenvalue weighted by Crippen LogP contribution is 2.19. The molecule has 0 spiro atoms. The van der Waals surface area contributed by atoms with Crippen LogP contribution in [0.1, 0.15) is 15.9 Å². The predicted octanol–water partition coefficient (Wildman–Crippen LogP) is 1.63. The highest BCUT2D eigenvalue weighted by atomic mass is 35.5. The molecule has 1 aromatic carbocycles. The van der Waals surface area contributed by atoms with Gasteiger partial charge in [-0.05, 0) is 24.3 Å². The number of phenolic OH excluding ortho intramolecular Hbond substituents is 1. The third-order valence-corrected chi connectivity index (χ3v) is 2.80. The molecule has 2 aromatic rings. The molecule has 1 heterocycles. The number of pyridine rings is 1. The van der Waals surface area contributed by atoms with Crippen LogP contribution in [-0.2, 0) is 7.05 Å². The first-order valence-electron chi connectivity index (χ1n) is 5.83. The molecule has 1 amide bonds. The van der Waals surface area contributed by atoms with Crippen LogP contribution >= 0.6 is 11.6 Å². The van der Waals surface area contributed by atoms with Crippen molar-refractivity contribution >= 4 is 23.7 Å². The van der Waals surface area contributed by atoms with Crippen molar-refractivity contribution in [3.63, 3.8) is 0 Å². The van der Waals surface area contributed by atoms with Crippen molar-refractivity contribution in [3.8, 4) is 5.75 Å². The first kappa shape index (κ1) is 14.0. The van der Waals surface area contributed by atoms with Gasteiger partial charge in [0.1, 0.15) is 18.4 Å². The highest BCUT2D eigenvalue weighted by molar-refractivity contribution is 6.30. The Morgan fingerprint density at radius 3 is 3.00 bits per heavy atom. The van der Waals surface area contributed by atoms with Gasteiger partial charge < -0.3 is 5.11 Å². The maximum atomic E-state index is 11.8. The first-order valence-corrected chi connectivity index (χ1v) is 6.21. The smallest absolute Gasteiger partial charge is 0.277 e. The number of hydrazone groups is 1. The minimum absolute atomic E-state index is 0.0403. The Balaban J connectivity index is 2.06. The van der Waals surface area contributed by atoms with E-state index < -0.39 is 0 Å². The molecule has 0 bridgehead atoms. The molecular weight excluding hydrogens is 278 g/mol.